The smallest absolute Gasteiger partial charge is 0.333 e. The van der Waals surface area contributed by atoms with Crippen molar-refractivity contribution >= 4 is 60.7 Å². The molecule has 17 heteroatoms. The van der Waals surface area contributed by atoms with Gasteiger partial charge in [0.25, 0.3) is 32.1 Å². The van der Waals surface area contributed by atoms with E-state index in [1.807, 2.05) is 71.1 Å². The normalized spacial score (nSPS) is 18.2. The molecule has 302 valence electrons. The quantitative estimate of drug-likeness (QED) is 0.0630. The maximum Gasteiger partial charge on any atom is 0.333 e. The van der Waals surface area contributed by atoms with E-state index in [1.165, 1.54) is 6.07 Å². The van der Waals surface area contributed by atoms with Crippen LogP contribution in [-0.2, 0) is 51.4 Å². The van der Waals surface area contributed by atoms with E-state index in [9.17, 15) is 40.2 Å². The zero-order chi connectivity index (χ0) is 40.7. The fourth-order valence-electron chi connectivity index (χ4n) is 7.40. The van der Waals surface area contributed by atoms with E-state index >= 15 is 4.39 Å². The van der Waals surface area contributed by atoms with Crippen LogP contribution >= 0.6 is 0 Å². The molecular weight excluding hydrogens is 773 g/mol. The minimum Gasteiger partial charge on any atom is -0.344 e. The number of benzene rings is 2. The average Bonchev–Trinajstić information content (AvgIpc) is 3.55. The van der Waals surface area contributed by atoms with Crippen molar-refractivity contribution in [2.45, 2.75) is 89.5 Å². The van der Waals surface area contributed by atoms with Gasteiger partial charge in [0.2, 0.25) is 5.52 Å². The van der Waals surface area contributed by atoms with Crippen molar-refractivity contribution in [1.29, 1.82) is 0 Å². The topological polar surface area (TPSA) is 180 Å². The number of aromatic nitrogens is 1. The molecule has 2 N–H and O–H groups in total. The molecule has 3 aromatic rings. The van der Waals surface area contributed by atoms with Gasteiger partial charge < -0.3 is 9.74 Å². The number of nitrogens with zero attached hydrogens (tertiary/aromatic N) is 3. The molecule has 0 radical (unpaired) electrons. The van der Waals surface area contributed by atoms with Crippen molar-refractivity contribution in [2.24, 2.45) is 0 Å². The van der Waals surface area contributed by atoms with Crippen LogP contribution in [0.1, 0.15) is 88.7 Å². The van der Waals surface area contributed by atoms with Gasteiger partial charge in [-0.05, 0) is 62.8 Å². The highest BCUT2D eigenvalue weighted by atomic mass is 32.2. The molecule has 1 atom stereocenters. The standard InChI is InChI=1S/C39H45F2N3O10S2/c1-39(20-4-7-24-55(48,49)50)34(16-10-13-28-12-9-15-32-30(28)14-11-22-42(32)21-6-8-25-56(51,52)53)43(33-27-29(40)26-31(41)38(33)39)23-5-2-3-17-37(47)54-44-35(45)18-19-36(44)46/h9-16,22,26-27H,2-8,17-21,23-25H2,1H3,(H-,48,49,50,51,52,53)/p+1. The first-order valence-corrected chi connectivity index (χ1v) is 21.7. The van der Waals surface area contributed by atoms with Crippen LogP contribution in [0, 0.1) is 11.6 Å². The van der Waals surface area contributed by atoms with E-state index in [-0.39, 0.29) is 43.4 Å². The van der Waals surface area contributed by atoms with E-state index in [4.69, 9.17) is 9.39 Å². The van der Waals surface area contributed by atoms with Crippen LogP contribution in [-0.4, -0.2) is 66.8 Å². The fourth-order valence-corrected chi connectivity index (χ4v) is 8.54. The Bertz CT molecular complexity index is 2250. The van der Waals surface area contributed by atoms with Crippen LogP contribution in [0.3, 0.4) is 0 Å². The second kappa shape index (κ2) is 18.1. The highest BCUT2D eigenvalue weighted by Crippen LogP contribution is 2.52. The van der Waals surface area contributed by atoms with Gasteiger partial charge in [0.05, 0.1) is 22.6 Å². The minimum atomic E-state index is -4.22. The summed E-state index contributed by atoms with van der Waals surface area (Å²) in [4.78, 5) is 42.7. The fraction of sp³-hybridized carbons (Fsp3) is 0.436. The lowest BCUT2D eigenvalue weighted by Crippen LogP contribution is -2.34. The molecule has 3 heterocycles. The number of hydroxylamine groups is 2. The summed E-state index contributed by atoms with van der Waals surface area (Å²) >= 11 is 0. The number of pyridine rings is 1. The van der Waals surface area contributed by atoms with Gasteiger partial charge in [-0.25, -0.2) is 13.6 Å². The number of hydrogen-bond acceptors (Lipinski definition) is 9. The lowest BCUT2D eigenvalue weighted by Gasteiger charge is -2.30. The summed E-state index contributed by atoms with van der Waals surface area (Å²) in [6, 6.07) is 11.7. The molecule has 2 amide bonds. The highest BCUT2D eigenvalue weighted by molar-refractivity contribution is 7.86. The number of hydrogen-bond donors (Lipinski definition) is 2. The van der Waals surface area contributed by atoms with Crippen LogP contribution in [0.5, 0.6) is 0 Å². The largest absolute Gasteiger partial charge is 0.344 e. The van der Waals surface area contributed by atoms with Crippen LogP contribution in [0.4, 0.5) is 14.5 Å². The summed E-state index contributed by atoms with van der Waals surface area (Å²) < 4.78 is 96.3. The molecule has 56 heavy (non-hydrogen) atoms. The van der Waals surface area contributed by atoms with Crippen LogP contribution in [0.15, 0.2) is 66.5 Å². The van der Waals surface area contributed by atoms with Crippen LogP contribution < -0.4 is 9.47 Å². The number of carbonyl (C=O) groups is 3. The Morgan fingerprint density at radius 3 is 2.30 bits per heavy atom. The van der Waals surface area contributed by atoms with E-state index in [2.05, 4.69) is 0 Å². The predicted octanol–water partition coefficient (Wildman–Crippen LogP) is 5.97. The van der Waals surface area contributed by atoms with Gasteiger partial charge in [0.15, 0.2) is 6.20 Å². The highest BCUT2D eigenvalue weighted by Gasteiger charge is 2.45. The second-order valence-electron chi connectivity index (χ2n) is 14.3. The molecule has 0 saturated carbocycles. The number of unbranched alkanes of at least 4 members (excludes halogenated alkanes) is 4. The van der Waals surface area contributed by atoms with E-state index in [1.54, 1.807) is 0 Å². The lowest BCUT2D eigenvalue weighted by molar-refractivity contribution is -0.671. The first kappa shape index (κ1) is 42.6. The third-order valence-corrected chi connectivity index (χ3v) is 11.7. The molecule has 2 aliphatic heterocycles. The Kier molecular flexibility index (Phi) is 13.8. The Morgan fingerprint density at radius 1 is 0.911 bits per heavy atom. The van der Waals surface area contributed by atoms with Gasteiger partial charge in [-0.1, -0.05) is 37.1 Å². The molecule has 1 unspecified atom stereocenters. The number of fused-ring (bicyclic) bond motifs is 2. The maximum atomic E-state index is 15.8. The van der Waals surface area contributed by atoms with Gasteiger partial charge in [-0.15, -0.1) is 5.06 Å². The van der Waals surface area contributed by atoms with Crippen molar-refractivity contribution in [3.05, 3.63) is 89.3 Å². The molecule has 2 aliphatic rings. The van der Waals surface area contributed by atoms with Crippen LogP contribution in [0.25, 0.3) is 17.0 Å². The molecule has 0 aliphatic carbocycles. The Balaban J connectivity index is 1.40. The molecule has 1 saturated heterocycles. The van der Waals surface area contributed by atoms with Gasteiger partial charge in [0.1, 0.15) is 18.2 Å². The van der Waals surface area contributed by atoms with Crippen molar-refractivity contribution in [1.82, 2.24) is 5.06 Å². The molecule has 13 nitrogen and oxygen atoms in total. The van der Waals surface area contributed by atoms with Crippen molar-refractivity contribution < 1.29 is 58.5 Å². The summed E-state index contributed by atoms with van der Waals surface area (Å²) in [5, 5.41) is 1.41. The second-order valence-corrected chi connectivity index (χ2v) is 17.4. The molecular formula is C39H46F2N3O10S2+. The summed E-state index contributed by atoms with van der Waals surface area (Å²) in [5.74, 6) is -4.16. The van der Waals surface area contributed by atoms with Crippen molar-refractivity contribution in [3.8, 4) is 0 Å². The van der Waals surface area contributed by atoms with E-state index in [0.717, 1.165) is 22.5 Å². The molecule has 2 aromatic carbocycles. The zero-order valence-corrected chi connectivity index (χ0v) is 32.7. The number of aryl methyl sites for hydroxylation is 1. The van der Waals surface area contributed by atoms with Gasteiger partial charge in [-0.2, -0.15) is 21.4 Å². The van der Waals surface area contributed by atoms with Crippen molar-refractivity contribution in [3.63, 3.8) is 0 Å². The van der Waals surface area contributed by atoms with E-state index < -0.39 is 60.8 Å². The first-order valence-electron chi connectivity index (χ1n) is 18.5. The number of imide groups is 1. The van der Waals surface area contributed by atoms with E-state index in [0.29, 0.717) is 68.1 Å². The molecule has 5 rings (SSSR count). The number of allylic oxidation sites excluding steroid dienone is 3. The summed E-state index contributed by atoms with van der Waals surface area (Å²) in [6.45, 7) is 2.65. The third kappa shape index (κ3) is 10.8. The summed E-state index contributed by atoms with van der Waals surface area (Å²) in [6.07, 6.45) is 10.2. The van der Waals surface area contributed by atoms with Crippen molar-refractivity contribution in [2.75, 3.05) is 23.0 Å². The number of carbonyl (C=O) groups excluding carboxylic acids is 3. The Morgan fingerprint density at radius 2 is 1.61 bits per heavy atom. The Labute approximate surface area is 325 Å². The number of rotatable bonds is 19. The minimum absolute atomic E-state index is 0.0128. The predicted molar refractivity (Wildman–Crippen MR) is 204 cm³/mol. The summed E-state index contributed by atoms with van der Waals surface area (Å²) in [5.41, 5.74) is 1.94. The van der Waals surface area contributed by atoms with Gasteiger partial charge in [-0.3, -0.25) is 18.7 Å². The van der Waals surface area contributed by atoms with Gasteiger partial charge >= 0.3 is 5.97 Å². The summed E-state index contributed by atoms with van der Waals surface area (Å²) in [7, 11) is -8.27. The lowest BCUT2D eigenvalue weighted by atomic mass is 9.77. The SMILES string of the molecule is CC1(CCCCS(=O)(=O)O)C(=CC=Cc2cccc3c2ccc[n+]3CCCCS(=O)(=O)O)N(CCCCCC(=O)ON2C(=O)CCC2=O)c2cc(F)cc(F)c21. The Hall–Kier alpha value is -4.58. The first-order chi connectivity index (χ1) is 26.5. The van der Waals surface area contributed by atoms with Gasteiger partial charge in [0, 0.05) is 67.1 Å². The number of anilines is 1. The molecule has 1 aromatic heterocycles. The molecule has 0 spiro atoms. The maximum absolute atomic E-state index is 15.8. The zero-order valence-electron chi connectivity index (χ0n) is 31.0. The molecule has 1 fully saturated rings. The molecule has 0 bridgehead atoms. The van der Waals surface area contributed by atoms with Crippen LogP contribution in [0.2, 0.25) is 0 Å². The average molecular weight is 819 g/mol. The number of amides is 2. The third-order valence-electron chi connectivity index (χ3n) is 10.1. The monoisotopic (exact) mass is 818 g/mol. The number of halogens is 2.